The molecule has 0 saturated carbocycles. The molecule has 0 spiro atoms. The van der Waals surface area contributed by atoms with E-state index in [2.05, 4.69) is 15.9 Å². The van der Waals surface area contributed by atoms with Crippen LogP contribution in [0.25, 0.3) is 0 Å². The molecule has 0 N–H and O–H groups in total. The van der Waals surface area contributed by atoms with E-state index in [0.29, 0.717) is 22.3 Å². The van der Waals surface area contributed by atoms with Crippen molar-refractivity contribution >= 4 is 33.3 Å². The molecule has 3 heteroatoms. The summed E-state index contributed by atoms with van der Waals surface area (Å²) in [6.45, 7) is 2.02. The first-order valence-electron chi connectivity index (χ1n) is 4.57. The topological polar surface area (TPSA) is 17.1 Å². The molecule has 0 aliphatic heterocycles. The van der Waals surface area contributed by atoms with Crippen LogP contribution in [0.1, 0.15) is 29.3 Å². The SMILES string of the molecule is CCc1cccc(Cl)c1C(=O)CCBr. The Morgan fingerprint density at radius 3 is 2.79 bits per heavy atom. The van der Waals surface area contributed by atoms with Crippen LogP contribution in [0, 0.1) is 0 Å². The average molecular weight is 276 g/mol. The van der Waals surface area contributed by atoms with Crippen LogP contribution in [0.15, 0.2) is 18.2 Å². The largest absolute Gasteiger partial charge is 0.294 e. The number of aryl methyl sites for hydroxylation is 1. The molecule has 1 aromatic carbocycles. The van der Waals surface area contributed by atoms with Crippen molar-refractivity contribution in [1.29, 1.82) is 0 Å². The Kier molecular flexibility index (Phi) is 4.63. The second-order valence-electron chi connectivity index (χ2n) is 2.99. The zero-order valence-corrected chi connectivity index (χ0v) is 10.4. The Bertz CT molecular complexity index is 336. The molecule has 0 aliphatic rings. The van der Waals surface area contributed by atoms with Gasteiger partial charge in [-0.1, -0.05) is 46.6 Å². The molecule has 0 heterocycles. The van der Waals surface area contributed by atoms with Crippen molar-refractivity contribution in [2.24, 2.45) is 0 Å². The summed E-state index contributed by atoms with van der Waals surface area (Å²) < 4.78 is 0. The minimum absolute atomic E-state index is 0.115. The Morgan fingerprint density at radius 1 is 1.50 bits per heavy atom. The fourth-order valence-corrected chi connectivity index (χ4v) is 2.05. The second-order valence-corrected chi connectivity index (χ2v) is 4.19. The van der Waals surface area contributed by atoms with Crippen molar-refractivity contribution in [2.75, 3.05) is 5.33 Å². The van der Waals surface area contributed by atoms with Crippen molar-refractivity contribution < 1.29 is 4.79 Å². The van der Waals surface area contributed by atoms with Crippen LogP contribution in [0.3, 0.4) is 0 Å². The highest BCUT2D eigenvalue weighted by Crippen LogP contribution is 2.22. The molecule has 0 unspecified atom stereocenters. The fourth-order valence-electron chi connectivity index (χ4n) is 1.39. The number of benzene rings is 1. The third-order valence-corrected chi connectivity index (χ3v) is 2.79. The lowest BCUT2D eigenvalue weighted by Gasteiger charge is -2.07. The van der Waals surface area contributed by atoms with E-state index < -0.39 is 0 Å². The van der Waals surface area contributed by atoms with Gasteiger partial charge in [0.15, 0.2) is 5.78 Å². The first-order valence-corrected chi connectivity index (χ1v) is 6.07. The van der Waals surface area contributed by atoms with Crippen molar-refractivity contribution in [3.8, 4) is 0 Å². The molecule has 0 saturated heterocycles. The lowest BCUT2D eigenvalue weighted by Crippen LogP contribution is -2.04. The third-order valence-electron chi connectivity index (χ3n) is 2.08. The lowest BCUT2D eigenvalue weighted by atomic mass is 10.0. The van der Waals surface area contributed by atoms with Crippen LogP contribution >= 0.6 is 27.5 Å². The number of alkyl halides is 1. The maximum atomic E-state index is 11.7. The Morgan fingerprint density at radius 2 is 2.21 bits per heavy atom. The highest BCUT2D eigenvalue weighted by Gasteiger charge is 2.13. The molecule has 0 radical (unpaired) electrons. The van der Waals surface area contributed by atoms with Crippen LogP contribution in [-0.2, 0) is 6.42 Å². The summed E-state index contributed by atoms with van der Waals surface area (Å²) in [5, 5.41) is 1.25. The smallest absolute Gasteiger partial charge is 0.165 e. The van der Waals surface area contributed by atoms with Crippen molar-refractivity contribution in [3.05, 3.63) is 34.3 Å². The highest BCUT2D eigenvalue weighted by molar-refractivity contribution is 9.09. The van der Waals surface area contributed by atoms with E-state index in [-0.39, 0.29) is 5.78 Å². The van der Waals surface area contributed by atoms with Gasteiger partial charge in [0.05, 0.1) is 5.02 Å². The van der Waals surface area contributed by atoms with Gasteiger partial charge in [0.25, 0.3) is 0 Å². The number of Topliss-reactive ketones (excluding diaryl/α,β-unsaturated/α-hetero) is 1. The number of rotatable bonds is 4. The summed E-state index contributed by atoms with van der Waals surface area (Å²) in [6, 6.07) is 5.60. The number of ketones is 1. The van der Waals surface area contributed by atoms with E-state index >= 15 is 0 Å². The van der Waals surface area contributed by atoms with Crippen molar-refractivity contribution in [2.45, 2.75) is 19.8 Å². The van der Waals surface area contributed by atoms with Gasteiger partial charge in [0.1, 0.15) is 0 Å². The molecule has 0 atom stereocenters. The second kappa shape index (κ2) is 5.52. The van der Waals surface area contributed by atoms with E-state index in [1.165, 1.54) is 0 Å². The van der Waals surface area contributed by atoms with Crippen LogP contribution in [0.4, 0.5) is 0 Å². The summed E-state index contributed by atoms with van der Waals surface area (Å²) in [5.41, 5.74) is 1.72. The molecule has 1 nitrogen and oxygen atoms in total. The van der Waals surface area contributed by atoms with Crippen LogP contribution in [-0.4, -0.2) is 11.1 Å². The average Bonchev–Trinajstić information content (AvgIpc) is 2.17. The first kappa shape index (κ1) is 11.7. The summed E-state index contributed by atoms with van der Waals surface area (Å²) >= 11 is 9.26. The van der Waals surface area contributed by atoms with Crippen LogP contribution in [0.5, 0.6) is 0 Å². The summed E-state index contributed by atoms with van der Waals surface area (Å²) in [7, 11) is 0. The quantitative estimate of drug-likeness (QED) is 0.602. The predicted molar refractivity (Wildman–Crippen MR) is 63.6 cm³/mol. The molecule has 14 heavy (non-hydrogen) atoms. The molecule has 0 bridgehead atoms. The zero-order valence-electron chi connectivity index (χ0n) is 8.02. The number of carbonyl (C=O) groups excluding carboxylic acids is 1. The minimum Gasteiger partial charge on any atom is -0.294 e. The van der Waals surface area contributed by atoms with Gasteiger partial charge in [-0.15, -0.1) is 0 Å². The van der Waals surface area contributed by atoms with Gasteiger partial charge in [0.2, 0.25) is 0 Å². The van der Waals surface area contributed by atoms with Gasteiger partial charge in [-0.25, -0.2) is 0 Å². The molecule has 0 fully saturated rings. The van der Waals surface area contributed by atoms with Gasteiger partial charge in [0, 0.05) is 17.3 Å². The van der Waals surface area contributed by atoms with E-state index in [1.807, 2.05) is 19.1 Å². The monoisotopic (exact) mass is 274 g/mol. The maximum Gasteiger partial charge on any atom is 0.165 e. The van der Waals surface area contributed by atoms with Gasteiger partial charge in [-0.05, 0) is 18.1 Å². The van der Waals surface area contributed by atoms with E-state index in [1.54, 1.807) is 6.07 Å². The summed E-state index contributed by atoms with van der Waals surface area (Å²) in [4.78, 5) is 11.7. The molecular weight excluding hydrogens is 263 g/mol. The maximum absolute atomic E-state index is 11.7. The molecular formula is C11H12BrClO. The number of hydrogen-bond acceptors (Lipinski definition) is 1. The Balaban J connectivity index is 3.10. The molecule has 0 aromatic heterocycles. The normalized spacial score (nSPS) is 10.2. The number of carbonyl (C=O) groups is 1. The molecule has 1 aromatic rings. The Hall–Kier alpha value is -0.340. The molecule has 1 rings (SSSR count). The lowest BCUT2D eigenvalue weighted by molar-refractivity contribution is 0.0989. The molecule has 0 amide bonds. The predicted octanol–water partition coefficient (Wildman–Crippen LogP) is 3.87. The van der Waals surface area contributed by atoms with Crippen LogP contribution < -0.4 is 0 Å². The van der Waals surface area contributed by atoms with Crippen molar-refractivity contribution in [3.63, 3.8) is 0 Å². The first-order chi connectivity index (χ1) is 6.70. The van der Waals surface area contributed by atoms with Crippen LogP contribution in [0.2, 0.25) is 5.02 Å². The van der Waals surface area contributed by atoms with E-state index in [4.69, 9.17) is 11.6 Å². The zero-order chi connectivity index (χ0) is 10.6. The van der Waals surface area contributed by atoms with Crippen molar-refractivity contribution in [1.82, 2.24) is 0 Å². The number of hydrogen-bond donors (Lipinski definition) is 0. The number of halogens is 2. The summed E-state index contributed by atoms with van der Waals surface area (Å²) in [5.74, 6) is 0.115. The van der Waals surface area contributed by atoms with E-state index in [9.17, 15) is 4.79 Å². The Labute approximate surface area is 97.6 Å². The fraction of sp³-hybridized carbons (Fsp3) is 0.364. The standard InChI is InChI=1S/C11H12BrClO/c1-2-8-4-3-5-9(13)11(8)10(14)6-7-12/h3-5H,2,6-7H2,1H3. The molecule has 0 aliphatic carbocycles. The van der Waals surface area contributed by atoms with Gasteiger partial charge >= 0.3 is 0 Å². The highest BCUT2D eigenvalue weighted by atomic mass is 79.9. The minimum atomic E-state index is 0.115. The molecule has 76 valence electrons. The summed E-state index contributed by atoms with van der Waals surface area (Å²) in [6.07, 6.45) is 1.33. The van der Waals surface area contributed by atoms with Gasteiger partial charge in [-0.3, -0.25) is 4.79 Å². The van der Waals surface area contributed by atoms with E-state index in [0.717, 1.165) is 12.0 Å². The van der Waals surface area contributed by atoms with Gasteiger partial charge in [-0.2, -0.15) is 0 Å². The third kappa shape index (κ3) is 2.58. The van der Waals surface area contributed by atoms with Gasteiger partial charge < -0.3 is 0 Å².